The molecule has 0 radical (unpaired) electrons. The SMILES string of the molecule is O=C(Nc1cccc(C#Cc2cnc3cccnn23)c1)N1OCC[C@H]1c1ccc(Cl)c(F)c1. The number of hydroxylamine groups is 2. The third-order valence-electron chi connectivity index (χ3n) is 5.16. The van der Waals surface area contributed by atoms with Crippen LogP contribution < -0.4 is 5.32 Å². The van der Waals surface area contributed by atoms with E-state index in [0.29, 0.717) is 41.2 Å². The molecule has 2 aromatic heterocycles. The number of nitrogens with zero attached hydrogens (tertiary/aromatic N) is 4. The molecule has 1 aliphatic heterocycles. The van der Waals surface area contributed by atoms with Crippen LogP contribution in [0, 0.1) is 17.7 Å². The summed E-state index contributed by atoms with van der Waals surface area (Å²) in [6.07, 6.45) is 3.88. The number of urea groups is 1. The first-order valence-corrected chi connectivity index (χ1v) is 10.6. The molecule has 1 aliphatic rings. The summed E-state index contributed by atoms with van der Waals surface area (Å²) in [5, 5.41) is 8.32. The first-order chi connectivity index (χ1) is 16.1. The summed E-state index contributed by atoms with van der Waals surface area (Å²) in [6.45, 7) is 0.348. The van der Waals surface area contributed by atoms with Gasteiger partial charge < -0.3 is 5.32 Å². The van der Waals surface area contributed by atoms with Crippen molar-refractivity contribution in [1.29, 1.82) is 0 Å². The molecule has 3 heterocycles. The van der Waals surface area contributed by atoms with Crippen molar-refractivity contribution in [2.45, 2.75) is 12.5 Å². The molecule has 9 heteroatoms. The molecule has 1 fully saturated rings. The Bertz CT molecular complexity index is 1410. The van der Waals surface area contributed by atoms with Crippen LogP contribution in [0.15, 0.2) is 67.0 Å². The van der Waals surface area contributed by atoms with Crippen molar-refractivity contribution in [3.05, 3.63) is 94.7 Å². The number of halogens is 2. The average molecular weight is 462 g/mol. The molecule has 5 rings (SSSR count). The number of nitrogens with one attached hydrogen (secondary N) is 1. The molecule has 7 nitrogen and oxygen atoms in total. The Morgan fingerprint density at radius 1 is 1.18 bits per heavy atom. The number of anilines is 1. The Labute approximate surface area is 193 Å². The number of imidazole rings is 1. The van der Waals surface area contributed by atoms with E-state index in [1.807, 2.05) is 18.2 Å². The van der Waals surface area contributed by atoms with Crippen LogP contribution in [-0.2, 0) is 4.84 Å². The number of carbonyl (C=O) groups is 1. The average Bonchev–Trinajstić information content (AvgIpc) is 3.47. The van der Waals surface area contributed by atoms with E-state index in [2.05, 4.69) is 27.2 Å². The van der Waals surface area contributed by atoms with Gasteiger partial charge in [-0.1, -0.05) is 29.7 Å². The minimum absolute atomic E-state index is 0.0336. The number of fused-ring (bicyclic) bond motifs is 1. The lowest BCUT2D eigenvalue weighted by Gasteiger charge is -2.23. The first kappa shape index (κ1) is 20.9. The maximum Gasteiger partial charge on any atom is 0.346 e. The minimum Gasteiger partial charge on any atom is -0.306 e. The molecule has 33 heavy (non-hydrogen) atoms. The fourth-order valence-corrected chi connectivity index (χ4v) is 3.71. The predicted molar refractivity (Wildman–Crippen MR) is 121 cm³/mol. The highest BCUT2D eigenvalue weighted by Gasteiger charge is 2.32. The summed E-state index contributed by atoms with van der Waals surface area (Å²) >= 11 is 5.78. The lowest BCUT2D eigenvalue weighted by molar-refractivity contribution is -0.0830. The summed E-state index contributed by atoms with van der Waals surface area (Å²) in [7, 11) is 0. The summed E-state index contributed by atoms with van der Waals surface area (Å²) in [6, 6.07) is 14.4. The van der Waals surface area contributed by atoms with Crippen molar-refractivity contribution in [3.8, 4) is 11.8 Å². The van der Waals surface area contributed by atoms with Crippen LogP contribution in [0.3, 0.4) is 0 Å². The summed E-state index contributed by atoms with van der Waals surface area (Å²) in [4.78, 5) is 22.6. The van der Waals surface area contributed by atoms with Crippen LogP contribution in [0.25, 0.3) is 5.65 Å². The lowest BCUT2D eigenvalue weighted by atomic mass is 10.0. The van der Waals surface area contributed by atoms with Crippen molar-refractivity contribution in [1.82, 2.24) is 19.7 Å². The summed E-state index contributed by atoms with van der Waals surface area (Å²) < 4.78 is 15.6. The van der Waals surface area contributed by atoms with E-state index in [0.717, 1.165) is 0 Å². The topological polar surface area (TPSA) is 71.8 Å². The maximum absolute atomic E-state index is 13.9. The zero-order chi connectivity index (χ0) is 22.8. The van der Waals surface area contributed by atoms with Crippen molar-refractivity contribution in [2.24, 2.45) is 0 Å². The van der Waals surface area contributed by atoms with Crippen LogP contribution in [0.1, 0.15) is 29.3 Å². The molecule has 1 atom stereocenters. The van der Waals surface area contributed by atoms with Crippen molar-refractivity contribution in [2.75, 3.05) is 11.9 Å². The minimum atomic E-state index is -0.533. The van der Waals surface area contributed by atoms with Crippen LogP contribution in [-0.4, -0.2) is 32.3 Å². The van der Waals surface area contributed by atoms with Gasteiger partial charge in [0.1, 0.15) is 11.5 Å². The number of rotatable bonds is 2. The van der Waals surface area contributed by atoms with Gasteiger partial charge in [-0.3, -0.25) is 4.84 Å². The fraction of sp³-hybridized carbons (Fsp3) is 0.125. The van der Waals surface area contributed by atoms with Crippen LogP contribution in [0.4, 0.5) is 14.9 Å². The van der Waals surface area contributed by atoms with Gasteiger partial charge in [-0.2, -0.15) is 10.2 Å². The van der Waals surface area contributed by atoms with Gasteiger partial charge in [-0.15, -0.1) is 0 Å². The predicted octanol–water partition coefficient (Wildman–Crippen LogP) is 4.83. The Hall–Kier alpha value is -3.93. The summed E-state index contributed by atoms with van der Waals surface area (Å²) in [5.74, 6) is 5.59. The Balaban J connectivity index is 1.32. The smallest absolute Gasteiger partial charge is 0.306 e. The second-order valence-electron chi connectivity index (χ2n) is 7.34. The van der Waals surface area contributed by atoms with Crippen molar-refractivity contribution < 1.29 is 14.0 Å². The molecular formula is C24H17ClFN5O2. The van der Waals surface area contributed by atoms with Gasteiger partial charge >= 0.3 is 6.03 Å². The zero-order valence-corrected chi connectivity index (χ0v) is 18.0. The molecule has 4 aromatic rings. The number of hydrogen-bond acceptors (Lipinski definition) is 4. The molecule has 2 aromatic carbocycles. The van der Waals surface area contributed by atoms with Crippen molar-refractivity contribution in [3.63, 3.8) is 0 Å². The van der Waals surface area contributed by atoms with Gasteiger partial charge in [0.25, 0.3) is 0 Å². The molecule has 0 unspecified atom stereocenters. The highest BCUT2D eigenvalue weighted by atomic mass is 35.5. The van der Waals surface area contributed by atoms with E-state index < -0.39 is 17.9 Å². The highest BCUT2D eigenvalue weighted by Crippen LogP contribution is 2.32. The molecule has 1 N–H and O–H groups in total. The molecule has 0 saturated carbocycles. The maximum atomic E-state index is 13.9. The van der Waals surface area contributed by atoms with Gasteiger partial charge in [-0.25, -0.2) is 18.7 Å². The third-order valence-corrected chi connectivity index (χ3v) is 5.47. The second kappa shape index (κ2) is 8.90. The van der Waals surface area contributed by atoms with Gasteiger partial charge in [-0.05, 0) is 53.9 Å². The highest BCUT2D eigenvalue weighted by molar-refractivity contribution is 6.30. The molecule has 0 bridgehead atoms. The number of amides is 2. The second-order valence-corrected chi connectivity index (χ2v) is 7.74. The first-order valence-electron chi connectivity index (χ1n) is 10.2. The molecule has 164 valence electrons. The Kier molecular flexibility index (Phi) is 5.65. The molecule has 1 saturated heterocycles. The van der Waals surface area contributed by atoms with Gasteiger partial charge in [0.15, 0.2) is 5.65 Å². The lowest BCUT2D eigenvalue weighted by Crippen LogP contribution is -2.33. The van der Waals surface area contributed by atoms with E-state index in [4.69, 9.17) is 16.4 Å². The van der Waals surface area contributed by atoms with E-state index in [-0.39, 0.29) is 5.02 Å². The normalized spacial score (nSPS) is 15.3. The van der Waals surface area contributed by atoms with Crippen LogP contribution in [0.5, 0.6) is 0 Å². The number of carbonyl (C=O) groups excluding carboxylic acids is 1. The number of aromatic nitrogens is 3. The van der Waals surface area contributed by atoms with E-state index in [9.17, 15) is 9.18 Å². The number of hydrogen-bond donors (Lipinski definition) is 1. The summed E-state index contributed by atoms with van der Waals surface area (Å²) in [5.41, 5.74) is 3.25. The fourth-order valence-electron chi connectivity index (χ4n) is 3.60. The van der Waals surface area contributed by atoms with Crippen LogP contribution >= 0.6 is 11.6 Å². The molecular weight excluding hydrogens is 445 g/mol. The molecule has 2 amide bonds. The standard InChI is InChI=1S/C24H17ClFN5O2/c25-20-9-7-17(14-21(20)26)22-10-12-33-31(22)24(32)29-18-4-1-3-16(13-18)6-8-19-15-27-23-5-2-11-28-30(19)23/h1-5,7,9,11,13-15,22H,10,12H2,(H,29,32)/t22-/m0/s1. The zero-order valence-electron chi connectivity index (χ0n) is 17.2. The quantitative estimate of drug-likeness (QED) is 0.434. The van der Waals surface area contributed by atoms with Gasteiger partial charge in [0.2, 0.25) is 0 Å². The van der Waals surface area contributed by atoms with E-state index in [1.165, 1.54) is 17.2 Å². The largest absolute Gasteiger partial charge is 0.346 e. The van der Waals surface area contributed by atoms with Crippen molar-refractivity contribution >= 4 is 29.0 Å². The molecule has 0 spiro atoms. The van der Waals surface area contributed by atoms with Gasteiger partial charge in [0, 0.05) is 23.9 Å². The van der Waals surface area contributed by atoms with E-state index in [1.54, 1.807) is 41.2 Å². The number of benzene rings is 2. The molecule has 0 aliphatic carbocycles. The van der Waals surface area contributed by atoms with Crippen LogP contribution in [0.2, 0.25) is 5.02 Å². The monoisotopic (exact) mass is 461 g/mol. The Morgan fingerprint density at radius 3 is 2.97 bits per heavy atom. The third kappa shape index (κ3) is 4.37. The van der Waals surface area contributed by atoms with E-state index >= 15 is 0 Å². The Morgan fingerprint density at radius 2 is 2.09 bits per heavy atom. The van der Waals surface area contributed by atoms with Gasteiger partial charge in [0.05, 0.1) is 23.9 Å².